The molecule has 2 rings (SSSR count). The van der Waals surface area contributed by atoms with Gasteiger partial charge < -0.3 is 0 Å². The first-order valence-electron chi connectivity index (χ1n) is 5.24. The fraction of sp³-hybridized carbons (Fsp3) is 0.231. The topological polar surface area (TPSA) is 34.9 Å². The smallest absolute Gasteiger partial charge is 0.163 e. The molecule has 0 aliphatic rings. The lowest BCUT2D eigenvalue weighted by molar-refractivity contribution is 0.101. The van der Waals surface area contributed by atoms with Gasteiger partial charge >= 0.3 is 0 Å². The summed E-state index contributed by atoms with van der Waals surface area (Å²) in [4.78, 5) is 11.5. The van der Waals surface area contributed by atoms with Gasteiger partial charge in [0.25, 0.3) is 0 Å². The van der Waals surface area contributed by atoms with Gasteiger partial charge in [-0.25, -0.2) is 4.68 Å². The van der Waals surface area contributed by atoms with Gasteiger partial charge in [-0.1, -0.05) is 18.2 Å². The molecule has 0 N–H and O–H groups in total. The number of rotatable bonds is 2. The van der Waals surface area contributed by atoms with E-state index in [1.165, 1.54) is 0 Å². The molecule has 2 aromatic rings. The second kappa shape index (κ2) is 3.93. The largest absolute Gasteiger partial charge is 0.294 e. The van der Waals surface area contributed by atoms with Crippen molar-refractivity contribution < 1.29 is 4.79 Å². The molecular weight excluding hydrogens is 200 g/mol. The van der Waals surface area contributed by atoms with Crippen molar-refractivity contribution in [2.45, 2.75) is 20.8 Å². The maximum atomic E-state index is 11.5. The van der Waals surface area contributed by atoms with E-state index in [-0.39, 0.29) is 5.78 Å². The highest BCUT2D eigenvalue weighted by Gasteiger charge is 2.15. The van der Waals surface area contributed by atoms with Crippen molar-refractivity contribution >= 4 is 5.78 Å². The average molecular weight is 214 g/mol. The summed E-state index contributed by atoms with van der Waals surface area (Å²) in [6.45, 7) is 5.36. The molecule has 0 atom stereocenters. The second-order valence-electron chi connectivity index (χ2n) is 3.85. The molecule has 0 aliphatic carbocycles. The van der Waals surface area contributed by atoms with Crippen molar-refractivity contribution in [1.82, 2.24) is 9.78 Å². The van der Waals surface area contributed by atoms with Gasteiger partial charge in [-0.3, -0.25) is 4.79 Å². The molecule has 1 heterocycles. The van der Waals surface area contributed by atoms with Crippen molar-refractivity contribution in [3.63, 3.8) is 0 Å². The van der Waals surface area contributed by atoms with Gasteiger partial charge in [0.2, 0.25) is 0 Å². The Morgan fingerprint density at radius 1 is 1.19 bits per heavy atom. The van der Waals surface area contributed by atoms with Crippen molar-refractivity contribution in [2.75, 3.05) is 0 Å². The number of hydrogen-bond acceptors (Lipinski definition) is 2. The third-order valence-corrected chi connectivity index (χ3v) is 2.64. The number of aryl methyl sites for hydroxylation is 1. The van der Waals surface area contributed by atoms with E-state index >= 15 is 0 Å². The predicted molar refractivity (Wildman–Crippen MR) is 63.0 cm³/mol. The van der Waals surface area contributed by atoms with Gasteiger partial charge in [0, 0.05) is 0 Å². The minimum atomic E-state index is 0.0668. The summed E-state index contributed by atoms with van der Waals surface area (Å²) in [5.41, 5.74) is 3.39. The van der Waals surface area contributed by atoms with E-state index in [4.69, 9.17) is 0 Å². The molecule has 0 spiro atoms. The van der Waals surface area contributed by atoms with E-state index in [9.17, 15) is 4.79 Å². The summed E-state index contributed by atoms with van der Waals surface area (Å²) in [5.74, 6) is 0.0668. The van der Waals surface area contributed by atoms with Crippen LogP contribution in [-0.2, 0) is 0 Å². The van der Waals surface area contributed by atoms with E-state index < -0.39 is 0 Å². The first-order chi connectivity index (χ1) is 7.61. The Hall–Kier alpha value is -1.90. The Morgan fingerprint density at radius 2 is 1.81 bits per heavy atom. The summed E-state index contributed by atoms with van der Waals surface area (Å²) in [7, 11) is 0. The summed E-state index contributed by atoms with van der Waals surface area (Å²) in [6, 6.07) is 9.83. The summed E-state index contributed by atoms with van der Waals surface area (Å²) >= 11 is 0. The number of aromatic nitrogens is 2. The number of Topliss-reactive ketones (excluding diaryl/α,β-unsaturated/α-hetero) is 1. The number of ketones is 1. The van der Waals surface area contributed by atoms with Gasteiger partial charge in [-0.15, -0.1) is 0 Å². The van der Waals surface area contributed by atoms with E-state index in [0.717, 1.165) is 22.6 Å². The second-order valence-corrected chi connectivity index (χ2v) is 3.85. The Kier molecular flexibility index (Phi) is 2.60. The molecule has 0 aliphatic heterocycles. The summed E-state index contributed by atoms with van der Waals surface area (Å²) in [5, 5.41) is 4.40. The highest BCUT2D eigenvalue weighted by atomic mass is 16.1. The molecule has 0 fully saturated rings. The van der Waals surface area contributed by atoms with Gasteiger partial charge in [-0.2, -0.15) is 5.10 Å². The molecule has 0 amide bonds. The maximum Gasteiger partial charge on any atom is 0.163 e. The summed E-state index contributed by atoms with van der Waals surface area (Å²) in [6.07, 6.45) is 0. The molecule has 82 valence electrons. The third kappa shape index (κ3) is 1.65. The highest BCUT2D eigenvalue weighted by Crippen LogP contribution is 2.17. The van der Waals surface area contributed by atoms with Crippen molar-refractivity contribution in [3.8, 4) is 5.69 Å². The Bertz CT molecular complexity index is 526. The van der Waals surface area contributed by atoms with Crippen LogP contribution in [0.5, 0.6) is 0 Å². The van der Waals surface area contributed by atoms with Crippen LogP contribution in [0.25, 0.3) is 5.69 Å². The molecule has 0 radical (unpaired) electrons. The van der Waals surface area contributed by atoms with Crippen molar-refractivity contribution in [3.05, 3.63) is 47.3 Å². The molecule has 3 heteroatoms. The molecule has 1 aromatic heterocycles. The number of carbonyl (C=O) groups is 1. The Morgan fingerprint density at radius 3 is 2.31 bits per heavy atom. The van der Waals surface area contributed by atoms with Crippen LogP contribution in [0.1, 0.15) is 28.7 Å². The van der Waals surface area contributed by atoms with Crippen LogP contribution in [-0.4, -0.2) is 15.6 Å². The molecule has 0 saturated heterocycles. The normalized spacial score (nSPS) is 10.4. The van der Waals surface area contributed by atoms with Crippen molar-refractivity contribution in [2.24, 2.45) is 0 Å². The lowest BCUT2D eigenvalue weighted by atomic mass is 10.1. The monoisotopic (exact) mass is 214 g/mol. The molecule has 3 nitrogen and oxygen atoms in total. The summed E-state index contributed by atoms with van der Waals surface area (Å²) < 4.78 is 1.81. The van der Waals surface area contributed by atoms with E-state index in [0.29, 0.717) is 0 Å². The van der Waals surface area contributed by atoms with Gasteiger partial charge in [0.05, 0.1) is 22.6 Å². The molecule has 16 heavy (non-hydrogen) atoms. The van der Waals surface area contributed by atoms with Gasteiger partial charge in [0.1, 0.15) is 0 Å². The lowest BCUT2D eigenvalue weighted by Crippen LogP contribution is -2.00. The van der Waals surface area contributed by atoms with Crippen molar-refractivity contribution in [1.29, 1.82) is 0 Å². The van der Waals surface area contributed by atoms with Crippen LogP contribution < -0.4 is 0 Å². The van der Waals surface area contributed by atoms with Crippen LogP contribution in [0, 0.1) is 13.8 Å². The fourth-order valence-electron chi connectivity index (χ4n) is 1.97. The third-order valence-electron chi connectivity index (χ3n) is 2.64. The first-order valence-corrected chi connectivity index (χ1v) is 5.24. The van der Waals surface area contributed by atoms with E-state index in [1.807, 2.05) is 48.9 Å². The molecule has 0 bridgehead atoms. The molecule has 0 saturated carbocycles. The lowest BCUT2D eigenvalue weighted by Gasteiger charge is -2.03. The van der Waals surface area contributed by atoms with Crippen LogP contribution in [0.4, 0.5) is 0 Å². The molecule has 0 unspecified atom stereocenters. The SMILES string of the molecule is CC(=O)c1c(C)nn(-c2ccccc2)c1C. The number of nitrogens with zero attached hydrogens (tertiary/aromatic N) is 2. The van der Waals surface area contributed by atoms with Crippen LogP contribution in [0.2, 0.25) is 0 Å². The quantitative estimate of drug-likeness (QED) is 0.720. The van der Waals surface area contributed by atoms with Gasteiger partial charge in [-0.05, 0) is 32.9 Å². The van der Waals surface area contributed by atoms with Crippen LogP contribution in [0.3, 0.4) is 0 Å². The number of para-hydroxylation sites is 1. The first kappa shape index (κ1) is 10.6. The van der Waals surface area contributed by atoms with Gasteiger partial charge in [0.15, 0.2) is 5.78 Å². The van der Waals surface area contributed by atoms with E-state index in [2.05, 4.69) is 5.10 Å². The van der Waals surface area contributed by atoms with E-state index in [1.54, 1.807) is 6.92 Å². The zero-order valence-corrected chi connectivity index (χ0v) is 9.69. The van der Waals surface area contributed by atoms with Crippen LogP contribution >= 0.6 is 0 Å². The zero-order chi connectivity index (χ0) is 11.7. The maximum absolute atomic E-state index is 11.5. The predicted octanol–water partition coefficient (Wildman–Crippen LogP) is 2.69. The zero-order valence-electron chi connectivity index (χ0n) is 9.69. The fourth-order valence-corrected chi connectivity index (χ4v) is 1.97. The standard InChI is InChI=1S/C13H14N2O/c1-9-13(11(3)16)10(2)15(14-9)12-7-5-4-6-8-12/h4-8H,1-3H3. The minimum absolute atomic E-state index is 0.0668. The van der Waals surface area contributed by atoms with Crippen LogP contribution in [0.15, 0.2) is 30.3 Å². The Labute approximate surface area is 94.7 Å². The number of benzene rings is 1. The minimum Gasteiger partial charge on any atom is -0.294 e. The highest BCUT2D eigenvalue weighted by molar-refractivity contribution is 5.96. The number of carbonyl (C=O) groups excluding carboxylic acids is 1. The molecular formula is C13H14N2O. The number of hydrogen-bond donors (Lipinski definition) is 0. The molecule has 1 aromatic carbocycles. The Balaban J connectivity index is 2.61. The average Bonchev–Trinajstić information content (AvgIpc) is 2.55.